The fourth-order valence-electron chi connectivity index (χ4n) is 7.72. The predicted molar refractivity (Wildman–Crippen MR) is 251 cm³/mol. The first-order valence-electron chi connectivity index (χ1n) is 25.7. The summed E-state index contributed by atoms with van der Waals surface area (Å²) in [5.41, 5.74) is 0. The molecule has 0 aromatic heterocycles. The Bertz CT molecular complexity index is 1930. The van der Waals surface area contributed by atoms with Crippen LogP contribution in [0, 0.1) is 0 Å². The van der Waals surface area contributed by atoms with Gasteiger partial charge in [-0.2, -0.15) is 0 Å². The van der Waals surface area contributed by atoms with E-state index >= 15 is 0 Å². The first-order chi connectivity index (χ1) is 37.0. The third-order valence-corrected chi connectivity index (χ3v) is 12.2. The van der Waals surface area contributed by atoms with Crippen molar-refractivity contribution < 1.29 is 146 Å². The van der Waals surface area contributed by atoms with E-state index in [1.54, 1.807) is 0 Å². The van der Waals surface area contributed by atoms with E-state index in [0.717, 1.165) is 0 Å². The molecule has 0 amide bonds. The number of carbonyl (C=O) groups excluding carboxylic acids is 8. The smallest absolute Gasteiger partial charge is 0.307 e. The van der Waals surface area contributed by atoms with Gasteiger partial charge in [-0.1, -0.05) is 55.4 Å². The van der Waals surface area contributed by atoms with Gasteiger partial charge in [-0.15, -0.1) is 0 Å². The Kier molecular flexibility index (Phi) is 28.6. The maximum absolute atomic E-state index is 13.0. The number of hydrogen-bond acceptors (Lipinski definition) is 30. The van der Waals surface area contributed by atoms with Gasteiger partial charge in [0.25, 0.3) is 0 Å². The number of hydrogen-bond donors (Lipinski definition) is 8. The van der Waals surface area contributed by atoms with E-state index in [4.69, 9.17) is 71.4 Å². The molecule has 0 bridgehead atoms. The zero-order valence-corrected chi connectivity index (χ0v) is 44.6. The highest BCUT2D eigenvalue weighted by Crippen LogP contribution is 2.37. The zero-order chi connectivity index (χ0) is 58.6. The highest BCUT2D eigenvalue weighted by Gasteiger charge is 2.59. The second-order valence-electron chi connectivity index (χ2n) is 17.7. The molecular formula is C48H76O30. The van der Waals surface area contributed by atoms with Crippen molar-refractivity contribution in [3.63, 3.8) is 0 Å². The molecule has 0 spiro atoms. The first-order valence-corrected chi connectivity index (χ1v) is 25.7. The van der Waals surface area contributed by atoms with Crippen molar-refractivity contribution in [2.45, 2.75) is 230 Å². The minimum atomic E-state index is -1.83. The molecule has 78 heavy (non-hydrogen) atoms. The lowest BCUT2D eigenvalue weighted by Crippen LogP contribution is -2.67. The molecule has 8 N–H and O–H groups in total. The van der Waals surface area contributed by atoms with Gasteiger partial charge in [0.15, 0.2) is 43.3 Å². The molecule has 0 saturated carbocycles. The average Bonchev–Trinajstić information content (AvgIpc) is 3.44. The number of carbonyl (C=O) groups is 8. The normalized spacial score (nSPS) is 34.6. The highest BCUT2D eigenvalue weighted by atomic mass is 16.8. The molecule has 30 heteroatoms. The Hall–Kier alpha value is -4.80. The van der Waals surface area contributed by atoms with E-state index in [1.165, 1.54) is 55.4 Å². The summed E-state index contributed by atoms with van der Waals surface area (Å²) in [6, 6.07) is 0. The maximum atomic E-state index is 13.0. The van der Waals surface area contributed by atoms with Crippen LogP contribution in [-0.2, 0) is 105 Å². The van der Waals surface area contributed by atoms with Gasteiger partial charge in [0.2, 0.25) is 12.4 Å². The summed E-state index contributed by atoms with van der Waals surface area (Å²) in [5.74, 6) is -6.18. The van der Waals surface area contributed by atoms with Crippen molar-refractivity contribution >= 4 is 47.8 Å². The quantitative estimate of drug-likeness (QED) is 0.0350. The number of ether oxygens (including phenoxy) is 14. The minimum absolute atomic E-state index is 0.0409. The highest BCUT2D eigenvalue weighted by molar-refractivity contribution is 5.73. The van der Waals surface area contributed by atoms with Crippen LogP contribution in [0.2, 0.25) is 0 Å². The molecule has 448 valence electrons. The van der Waals surface area contributed by atoms with E-state index in [-0.39, 0.29) is 51.4 Å². The third-order valence-electron chi connectivity index (χ3n) is 12.2. The lowest BCUT2D eigenvalue weighted by molar-refractivity contribution is -0.358. The Labute approximate surface area is 448 Å². The lowest BCUT2D eigenvalue weighted by atomic mass is 9.95. The summed E-state index contributed by atoms with van der Waals surface area (Å²) in [6.07, 6.45) is -32.9. The maximum Gasteiger partial charge on any atom is 0.307 e. The number of rotatable bonds is 24. The summed E-state index contributed by atoms with van der Waals surface area (Å²) >= 11 is 0. The molecule has 30 nitrogen and oxygen atoms in total. The van der Waals surface area contributed by atoms with Gasteiger partial charge < -0.3 is 107 Å². The van der Waals surface area contributed by atoms with Crippen molar-refractivity contribution in [2.75, 3.05) is 26.4 Å². The van der Waals surface area contributed by atoms with Gasteiger partial charge in [0.1, 0.15) is 80.4 Å². The van der Waals surface area contributed by atoms with Gasteiger partial charge in [-0.05, 0) is 0 Å². The molecule has 9 unspecified atom stereocenters. The summed E-state index contributed by atoms with van der Waals surface area (Å²) in [6.45, 7) is 9.50. The van der Waals surface area contributed by atoms with Crippen LogP contribution in [0.4, 0.5) is 0 Å². The number of aliphatic hydroxyl groups is 8. The van der Waals surface area contributed by atoms with Crippen LogP contribution in [0.3, 0.4) is 0 Å². The largest absolute Gasteiger partial charge is 0.463 e. The Morgan fingerprint density at radius 3 is 1.13 bits per heavy atom. The van der Waals surface area contributed by atoms with Crippen molar-refractivity contribution in [3.05, 3.63) is 0 Å². The van der Waals surface area contributed by atoms with Gasteiger partial charge >= 0.3 is 47.8 Å². The van der Waals surface area contributed by atoms with Gasteiger partial charge in [-0.25, -0.2) is 0 Å². The fourth-order valence-corrected chi connectivity index (χ4v) is 7.72. The molecule has 0 aromatic rings. The predicted octanol–water partition coefficient (Wildman–Crippen LogP) is -3.11. The van der Waals surface area contributed by atoms with E-state index in [9.17, 15) is 74.1 Å². The summed E-state index contributed by atoms with van der Waals surface area (Å²) in [7, 11) is 0. The van der Waals surface area contributed by atoms with Crippen molar-refractivity contribution in [1.82, 2.24) is 0 Å². The summed E-state index contributed by atoms with van der Waals surface area (Å²) in [4.78, 5) is 101. The lowest BCUT2D eigenvalue weighted by Gasteiger charge is -2.48. The zero-order valence-electron chi connectivity index (χ0n) is 44.6. The molecule has 4 rings (SSSR count). The topological polar surface area (TPSA) is 428 Å². The molecule has 0 radical (unpaired) electrons. The van der Waals surface area contributed by atoms with E-state index in [0.29, 0.717) is 0 Å². The molecule has 0 aliphatic carbocycles. The van der Waals surface area contributed by atoms with Crippen LogP contribution in [0.25, 0.3) is 0 Å². The molecule has 4 saturated heterocycles. The standard InChI is InChI=1S/C36H54O19.C12H22O11/c1-9-21(37)45-17-19-29(49-23(39)11-3)31(50-24(40)12-4)34(53-27(43)15-7)36(48-19)55-30-20(18-46-22(38)10-2)47-35(54-28(44)16-8)33(52-26(42)14-6)32(30)51-25(41)13-5;13-1-3-5(15)6(16)9(19)12(22-3)23-10-4(2-14)21-11(20)8(18)7(10)17/h19-20,29-36H,9-18H2,1-8H3;3-20H,1-2H2/t19?,20?,29-,30+,31-,32-,33?,34?,35?,36-;3?,4?,5-,6-,7+,8?,9?,10+,11+,12-/m00/s1. The number of esters is 8. The molecule has 20 atom stereocenters. The second kappa shape index (κ2) is 33.1. The van der Waals surface area contributed by atoms with E-state index in [1.807, 2.05) is 0 Å². The average molecular weight is 1130 g/mol. The van der Waals surface area contributed by atoms with Crippen LogP contribution in [-0.4, -0.2) is 238 Å². The Morgan fingerprint density at radius 2 is 0.679 bits per heavy atom. The van der Waals surface area contributed by atoms with Crippen LogP contribution in [0.5, 0.6) is 0 Å². The first kappa shape index (κ1) is 67.5. The van der Waals surface area contributed by atoms with Crippen LogP contribution >= 0.6 is 0 Å². The molecular weight excluding hydrogens is 1060 g/mol. The molecule has 4 heterocycles. The molecule has 4 aliphatic rings. The minimum Gasteiger partial charge on any atom is -0.463 e. The van der Waals surface area contributed by atoms with Gasteiger partial charge in [0.05, 0.1) is 13.2 Å². The molecule has 0 aromatic carbocycles. The third kappa shape index (κ3) is 18.6. The monoisotopic (exact) mass is 1130 g/mol. The second-order valence-corrected chi connectivity index (χ2v) is 17.7. The van der Waals surface area contributed by atoms with E-state index in [2.05, 4.69) is 0 Å². The summed E-state index contributed by atoms with van der Waals surface area (Å²) < 4.78 is 78.7. The SMILES string of the molecule is CCC(=O)OCC1OC(OC(=O)CC)C(OC(=O)CC)[C@@H](OC(=O)CC)[C@@H]1O[C@@H]1OC(COC(=O)CC)[C@H](OC(=O)CC)[C@H](OC(=O)CC)C1OC(=O)CC.OCC1O[C@@H](O)C(O)[C@@H](O)[C@@H]1O[C@@H]1OC(CO)[C@H](O)[C@H](O)C1O. The summed E-state index contributed by atoms with van der Waals surface area (Å²) in [5, 5.41) is 76.5. The number of aliphatic hydroxyl groups excluding tert-OH is 8. The van der Waals surface area contributed by atoms with E-state index < -0.39 is 197 Å². The van der Waals surface area contributed by atoms with Crippen molar-refractivity contribution in [2.24, 2.45) is 0 Å². The Balaban J connectivity index is 0.000000574. The molecule has 4 aliphatic heterocycles. The van der Waals surface area contributed by atoms with Crippen LogP contribution in [0.1, 0.15) is 107 Å². The van der Waals surface area contributed by atoms with Gasteiger partial charge in [0, 0.05) is 51.4 Å². The fraction of sp³-hybridized carbons (Fsp3) is 0.833. The van der Waals surface area contributed by atoms with Crippen molar-refractivity contribution in [3.8, 4) is 0 Å². The van der Waals surface area contributed by atoms with Crippen molar-refractivity contribution in [1.29, 1.82) is 0 Å². The van der Waals surface area contributed by atoms with Crippen LogP contribution < -0.4 is 0 Å². The molecule has 4 fully saturated rings. The van der Waals surface area contributed by atoms with Crippen LogP contribution in [0.15, 0.2) is 0 Å². The Morgan fingerprint density at radius 1 is 0.321 bits per heavy atom. The van der Waals surface area contributed by atoms with Gasteiger partial charge in [-0.3, -0.25) is 38.4 Å².